The van der Waals surface area contributed by atoms with Crippen molar-refractivity contribution in [1.82, 2.24) is 5.32 Å². The van der Waals surface area contributed by atoms with E-state index in [-0.39, 0.29) is 12.5 Å². The summed E-state index contributed by atoms with van der Waals surface area (Å²) in [6.07, 6.45) is 2.08. The SMILES string of the molecule is C[CH]C(=O)NCCCO. The molecule has 1 amide bonds. The van der Waals surface area contributed by atoms with Crippen LogP contribution in [0.5, 0.6) is 0 Å². The van der Waals surface area contributed by atoms with Crippen LogP contribution in [0.2, 0.25) is 0 Å². The Bertz CT molecular complexity index is 83.1. The summed E-state index contributed by atoms with van der Waals surface area (Å²) in [5.74, 6) is -0.0801. The highest BCUT2D eigenvalue weighted by atomic mass is 16.3. The van der Waals surface area contributed by atoms with Gasteiger partial charge in [-0.3, -0.25) is 4.79 Å². The normalized spacial score (nSPS) is 9.11. The monoisotopic (exact) mass is 130 g/mol. The third kappa shape index (κ3) is 5.30. The summed E-state index contributed by atoms with van der Waals surface area (Å²) in [6.45, 7) is 2.36. The summed E-state index contributed by atoms with van der Waals surface area (Å²) < 4.78 is 0. The molecule has 1 radical (unpaired) electrons. The number of aliphatic hydroxyl groups excluding tert-OH is 1. The first-order chi connectivity index (χ1) is 4.31. The Morgan fingerprint density at radius 3 is 2.89 bits per heavy atom. The van der Waals surface area contributed by atoms with Gasteiger partial charge in [-0.05, 0) is 6.42 Å². The number of carbonyl (C=O) groups excluding carboxylic acids is 1. The van der Waals surface area contributed by atoms with Crippen molar-refractivity contribution < 1.29 is 9.90 Å². The van der Waals surface area contributed by atoms with Crippen LogP contribution in [-0.4, -0.2) is 24.2 Å². The maximum absolute atomic E-state index is 10.4. The minimum absolute atomic E-state index is 0.0801. The van der Waals surface area contributed by atoms with E-state index in [1.807, 2.05) is 0 Å². The number of rotatable bonds is 4. The maximum Gasteiger partial charge on any atom is 0.223 e. The fourth-order valence-corrected chi connectivity index (χ4v) is 0.393. The van der Waals surface area contributed by atoms with E-state index in [1.54, 1.807) is 6.92 Å². The van der Waals surface area contributed by atoms with Crippen molar-refractivity contribution in [2.24, 2.45) is 0 Å². The third-order valence-corrected chi connectivity index (χ3v) is 0.896. The van der Waals surface area contributed by atoms with E-state index in [1.165, 1.54) is 6.42 Å². The van der Waals surface area contributed by atoms with Gasteiger partial charge in [-0.2, -0.15) is 0 Å². The molecule has 0 aliphatic carbocycles. The smallest absolute Gasteiger partial charge is 0.223 e. The van der Waals surface area contributed by atoms with E-state index in [4.69, 9.17) is 5.11 Å². The van der Waals surface area contributed by atoms with Crippen LogP contribution in [-0.2, 0) is 4.79 Å². The first-order valence-electron chi connectivity index (χ1n) is 2.99. The van der Waals surface area contributed by atoms with Gasteiger partial charge in [0.2, 0.25) is 5.91 Å². The summed E-state index contributed by atoms with van der Waals surface area (Å²) in [4.78, 5) is 10.4. The zero-order valence-corrected chi connectivity index (χ0v) is 5.55. The van der Waals surface area contributed by atoms with E-state index in [0.29, 0.717) is 13.0 Å². The second kappa shape index (κ2) is 5.56. The molecule has 3 heteroatoms. The first kappa shape index (κ1) is 8.43. The second-order valence-electron chi connectivity index (χ2n) is 1.66. The topological polar surface area (TPSA) is 49.3 Å². The summed E-state index contributed by atoms with van der Waals surface area (Å²) in [5, 5.41) is 10.9. The van der Waals surface area contributed by atoms with Gasteiger partial charge < -0.3 is 10.4 Å². The summed E-state index contributed by atoms with van der Waals surface area (Å²) in [7, 11) is 0. The van der Waals surface area contributed by atoms with Crippen molar-refractivity contribution in [3.63, 3.8) is 0 Å². The predicted octanol–water partition coefficient (Wildman–Crippen LogP) is -0.291. The quantitative estimate of drug-likeness (QED) is 0.514. The highest BCUT2D eigenvalue weighted by Gasteiger charge is 1.92. The van der Waals surface area contributed by atoms with Gasteiger partial charge in [-0.1, -0.05) is 6.92 Å². The van der Waals surface area contributed by atoms with E-state index >= 15 is 0 Å². The average Bonchev–Trinajstić information content (AvgIpc) is 1.89. The number of hydrogen-bond acceptors (Lipinski definition) is 2. The lowest BCUT2D eigenvalue weighted by atomic mass is 10.4. The fourth-order valence-electron chi connectivity index (χ4n) is 0.393. The van der Waals surface area contributed by atoms with Gasteiger partial charge in [-0.25, -0.2) is 0 Å². The molecule has 0 fully saturated rings. The molecule has 3 nitrogen and oxygen atoms in total. The van der Waals surface area contributed by atoms with Crippen LogP contribution in [0, 0.1) is 6.42 Å². The molecule has 0 aromatic carbocycles. The van der Waals surface area contributed by atoms with Crippen molar-refractivity contribution in [3.8, 4) is 0 Å². The molecule has 0 rings (SSSR count). The Morgan fingerprint density at radius 2 is 2.44 bits per heavy atom. The lowest BCUT2D eigenvalue weighted by molar-refractivity contribution is -0.117. The van der Waals surface area contributed by atoms with Gasteiger partial charge >= 0.3 is 0 Å². The van der Waals surface area contributed by atoms with E-state index in [9.17, 15) is 4.79 Å². The van der Waals surface area contributed by atoms with Crippen LogP contribution < -0.4 is 5.32 Å². The van der Waals surface area contributed by atoms with Gasteiger partial charge in [0.05, 0.1) is 0 Å². The van der Waals surface area contributed by atoms with Crippen LogP contribution in [0.1, 0.15) is 13.3 Å². The van der Waals surface area contributed by atoms with Crippen molar-refractivity contribution in [3.05, 3.63) is 6.42 Å². The molecule has 0 aliphatic rings. The molecule has 0 bridgehead atoms. The fraction of sp³-hybridized carbons (Fsp3) is 0.667. The molecule has 0 spiro atoms. The van der Waals surface area contributed by atoms with E-state index in [0.717, 1.165) is 0 Å². The molecule has 0 saturated carbocycles. The number of aliphatic hydroxyl groups is 1. The number of amides is 1. The lowest BCUT2D eigenvalue weighted by Gasteiger charge is -1.98. The predicted molar refractivity (Wildman–Crippen MR) is 34.7 cm³/mol. The number of nitrogens with one attached hydrogen (secondary N) is 1. The van der Waals surface area contributed by atoms with Gasteiger partial charge in [-0.15, -0.1) is 0 Å². The standard InChI is InChI=1S/C6H12NO2/c1-2-6(9)7-4-3-5-8/h2,8H,3-5H2,1H3,(H,7,9). The Hall–Kier alpha value is -0.570. The van der Waals surface area contributed by atoms with E-state index in [2.05, 4.69) is 5.32 Å². The van der Waals surface area contributed by atoms with Crippen molar-refractivity contribution in [2.45, 2.75) is 13.3 Å². The Kier molecular flexibility index (Phi) is 5.21. The van der Waals surface area contributed by atoms with Crippen molar-refractivity contribution >= 4 is 5.91 Å². The van der Waals surface area contributed by atoms with Crippen molar-refractivity contribution in [1.29, 1.82) is 0 Å². The second-order valence-corrected chi connectivity index (χ2v) is 1.66. The minimum atomic E-state index is -0.0801. The molecule has 9 heavy (non-hydrogen) atoms. The summed E-state index contributed by atoms with van der Waals surface area (Å²) >= 11 is 0. The van der Waals surface area contributed by atoms with Gasteiger partial charge in [0, 0.05) is 19.6 Å². The molecule has 0 atom stereocenters. The summed E-state index contributed by atoms with van der Waals surface area (Å²) in [5.41, 5.74) is 0. The Morgan fingerprint density at radius 1 is 1.78 bits per heavy atom. The van der Waals surface area contributed by atoms with Gasteiger partial charge in [0.1, 0.15) is 0 Å². The number of carbonyl (C=O) groups is 1. The molecule has 0 aliphatic heterocycles. The molecule has 2 N–H and O–H groups in total. The minimum Gasteiger partial charge on any atom is -0.396 e. The molecule has 53 valence electrons. The zero-order valence-electron chi connectivity index (χ0n) is 5.55. The van der Waals surface area contributed by atoms with Crippen LogP contribution >= 0.6 is 0 Å². The molecule has 0 saturated heterocycles. The molecule has 0 heterocycles. The number of hydrogen-bond donors (Lipinski definition) is 2. The third-order valence-electron chi connectivity index (χ3n) is 0.896. The highest BCUT2D eigenvalue weighted by Crippen LogP contribution is 1.75. The zero-order chi connectivity index (χ0) is 7.11. The molecule has 0 aromatic rings. The van der Waals surface area contributed by atoms with Gasteiger partial charge in [0.15, 0.2) is 0 Å². The maximum atomic E-state index is 10.4. The van der Waals surface area contributed by atoms with Crippen LogP contribution in [0.15, 0.2) is 0 Å². The van der Waals surface area contributed by atoms with Crippen LogP contribution in [0.4, 0.5) is 0 Å². The largest absolute Gasteiger partial charge is 0.396 e. The molecular formula is C6H12NO2. The highest BCUT2D eigenvalue weighted by molar-refractivity contribution is 5.83. The average molecular weight is 130 g/mol. The van der Waals surface area contributed by atoms with Crippen LogP contribution in [0.3, 0.4) is 0 Å². The molecule has 0 unspecified atom stereocenters. The first-order valence-corrected chi connectivity index (χ1v) is 2.99. The Balaban J connectivity index is 2.97. The Labute approximate surface area is 55.1 Å². The van der Waals surface area contributed by atoms with Crippen molar-refractivity contribution in [2.75, 3.05) is 13.2 Å². The summed E-state index contributed by atoms with van der Waals surface area (Å²) in [6, 6.07) is 0. The molecular weight excluding hydrogens is 118 g/mol. The van der Waals surface area contributed by atoms with Gasteiger partial charge in [0.25, 0.3) is 0 Å². The van der Waals surface area contributed by atoms with E-state index < -0.39 is 0 Å². The molecule has 0 aromatic heterocycles. The van der Waals surface area contributed by atoms with Crippen LogP contribution in [0.25, 0.3) is 0 Å². The lowest BCUT2D eigenvalue weighted by Crippen LogP contribution is -2.24.